The molecule has 0 unspecified atom stereocenters. The predicted molar refractivity (Wildman–Crippen MR) is 96.9 cm³/mol. The molecule has 0 spiro atoms. The van der Waals surface area contributed by atoms with Crippen molar-refractivity contribution in [2.24, 2.45) is 0 Å². The molecule has 6 heteroatoms. The molecule has 0 bridgehead atoms. The van der Waals surface area contributed by atoms with E-state index in [1.54, 1.807) is 0 Å². The van der Waals surface area contributed by atoms with Crippen molar-refractivity contribution in [2.45, 2.75) is 32.6 Å². The number of benzene rings is 1. The Morgan fingerprint density at radius 2 is 1.96 bits per heavy atom. The van der Waals surface area contributed by atoms with Crippen LogP contribution in [0.15, 0.2) is 29.1 Å². The Kier molecular flexibility index (Phi) is 5.34. The smallest absolute Gasteiger partial charge is 0.270 e. The lowest BCUT2D eigenvalue weighted by atomic mass is 10.1. The second-order valence-corrected chi connectivity index (χ2v) is 6.06. The molecule has 1 saturated heterocycles. The number of nitrogens with zero attached hydrogens (tertiary/aromatic N) is 3. The standard InChI is InChI=1S/C19H22N4O2/c1-2-25-16-10-6-5-9-14(16)17-15(13-20)18(24)22-19(21-17)23-11-7-3-4-8-12-23/h5-6,9-10H,2-4,7-8,11-12H2,1H3,(H,21,22,24). The van der Waals surface area contributed by atoms with Crippen LogP contribution in [0, 0.1) is 11.3 Å². The number of para-hydroxylation sites is 1. The van der Waals surface area contributed by atoms with Crippen LogP contribution in [-0.2, 0) is 0 Å². The zero-order valence-corrected chi connectivity index (χ0v) is 14.4. The zero-order chi connectivity index (χ0) is 17.6. The minimum atomic E-state index is -0.405. The molecule has 1 aliphatic rings. The Morgan fingerprint density at radius 3 is 2.64 bits per heavy atom. The van der Waals surface area contributed by atoms with E-state index in [0.29, 0.717) is 29.6 Å². The average molecular weight is 338 g/mol. The summed E-state index contributed by atoms with van der Waals surface area (Å²) in [5, 5.41) is 9.46. The lowest BCUT2D eigenvalue weighted by Gasteiger charge is -2.21. The van der Waals surface area contributed by atoms with Crippen LogP contribution in [0.2, 0.25) is 0 Å². The molecule has 1 aromatic carbocycles. The molecule has 0 aliphatic carbocycles. The van der Waals surface area contributed by atoms with Crippen molar-refractivity contribution in [2.75, 3.05) is 24.6 Å². The molecule has 0 amide bonds. The number of hydrogen-bond acceptors (Lipinski definition) is 5. The van der Waals surface area contributed by atoms with Crippen LogP contribution in [0.5, 0.6) is 5.75 Å². The maximum absolute atomic E-state index is 12.5. The molecule has 3 rings (SSSR count). The van der Waals surface area contributed by atoms with Gasteiger partial charge in [0.2, 0.25) is 5.95 Å². The largest absolute Gasteiger partial charge is 0.493 e. The summed E-state index contributed by atoms with van der Waals surface area (Å²) in [5.74, 6) is 1.16. The van der Waals surface area contributed by atoms with E-state index < -0.39 is 5.56 Å². The van der Waals surface area contributed by atoms with E-state index in [1.807, 2.05) is 37.3 Å². The highest BCUT2D eigenvalue weighted by atomic mass is 16.5. The molecular weight excluding hydrogens is 316 g/mol. The molecule has 1 aromatic heterocycles. The first-order valence-electron chi connectivity index (χ1n) is 8.76. The molecule has 1 fully saturated rings. The van der Waals surface area contributed by atoms with Crippen LogP contribution < -0.4 is 15.2 Å². The van der Waals surface area contributed by atoms with Gasteiger partial charge in [0.25, 0.3) is 5.56 Å². The van der Waals surface area contributed by atoms with E-state index in [4.69, 9.17) is 4.74 Å². The van der Waals surface area contributed by atoms with Crippen molar-refractivity contribution >= 4 is 5.95 Å². The Labute approximate surface area is 147 Å². The molecule has 0 saturated carbocycles. The Hall–Kier alpha value is -2.81. The van der Waals surface area contributed by atoms with Crippen LogP contribution >= 0.6 is 0 Å². The molecule has 25 heavy (non-hydrogen) atoms. The van der Waals surface area contributed by atoms with Crippen LogP contribution in [0.3, 0.4) is 0 Å². The number of aromatic nitrogens is 2. The second kappa shape index (κ2) is 7.84. The van der Waals surface area contributed by atoms with Gasteiger partial charge in [-0.2, -0.15) is 5.26 Å². The lowest BCUT2D eigenvalue weighted by Crippen LogP contribution is -2.29. The molecule has 1 aliphatic heterocycles. The summed E-state index contributed by atoms with van der Waals surface area (Å²) in [5.41, 5.74) is 0.668. The lowest BCUT2D eigenvalue weighted by molar-refractivity contribution is 0.341. The number of aromatic amines is 1. The molecule has 2 heterocycles. The molecule has 2 aromatic rings. The van der Waals surface area contributed by atoms with Crippen molar-refractivity contribution in [1.82, 2.24) is 9.97 Å². The van der Waals surface area contributed by atoms with Gasteiger partial charge >= 0.3 is 0 Å². The van der Waals surface area contributed by atoms with Gasteiger partial charge in [-0.15, -0.1) is 0 Å². The van der Waals surface area contributed by atoms with Crippen LogP contribution in [0.25, 0.3) is 11.3 Å². The topological polar surface area (TPSA) is 82.0 Å². The van der Waals surface area contributed by atoms with E-state index >= 15 is 0 Å². The fourth-order valence-corrected chi connectivity index (χ4v) is 3.14. The van der Waals surface area contributed by atoms with Gasteiger partial charge in [0, 0.05) is 18.7 Å². The minimum absolute atomic E-state index is 0.0192. The number of hydrogen-bond donors (Lipinski definition) is 1. The van der Waals surface area contributed by atoms with Crippen LogP contribution in [0.4, 0.5) is 5.95 Å². The first kappa shape index (κ1) is 17.0. The number of H-pyrrole nitrogens is 1. The molecule has 0 atom stereocenters. The van der Waals surface area contributed by atoms with Gasteiger partial charge < -0.3 is 9.64 Å². The molecule has 6 nitrogen and oxygen atoms in total. The summed E-state index contributed by atoms with van der Waals surface area (Å²) in [6.45, 7) is 4.12. The average Bonchev–Trinajstić information content (AvgIpc) is 2.91. The van der Waals surface area contributed by atoms with Gasteiger partial charge in [-0.3, -0.25) is 9.78 Å². The summed E-state index contributed by atoms with van der Waals surface area (Å²) in [6, 6.07) is 9.37. The second-order valence-electron chi connectivity index (χ2n) is 6.06. The third-order valence-electron chi connectivity index (χ3n) is 4.37. The quantitative estimate of drug-likeness (QED) is 0.926. The van der Waals surface area contributed by atoms with Gasteiger partial charge in [-0.05, 0) is 31.9 Å². The normalized spacial score (nSPS) is 14.6. The summed E-state index contributed by atoms with van der Waals surface area (Å²) < 4.78 is 5.66. The summed E-state index contributed by atoms with van der Waals surface area (Å²) in [7, 11) is 0. The Morgan fingerprint density at radius 1 is 1.24 bits per heavy atom. The summed E-state index contributed by atoms with van der Waals surface area (Å²) >= 11 is 0. The van der Waals surface area contributed by atoms with Gasteiger partial charge in [-0.25, -0.2) is 4.98 Å². The zero-order valence-electron chi connectivity index (χ0n) is 14.4. The molecule has 1 N–H and O–H groups in total. The van der Waals surface area contributed by atoms with E-state index in [0.717, 1.165) is 25.9 Å². The highest BCUT2D eigenvalue weighted by Crippen LogP contribution is 2.30. The first-order chi connectivity index (χ1) is 12.2. The fourth-order valence-electron chi connectivity index (χ4n) is 3.14. The molecule has 0 radical (unpaired) electrons. The van der Waals surface area contributed by atoms with Gasteiger partial charge in [0.05, 0.1) is 6.61 Å². The highest BCUT2D eigenvalue weighted by Gasteiger charge is 2.20. The van der Waals surface area contributed by atoms with Crippen molar-refractivity contribution in [3.63, 3.8) is 0 Å². The van der Waals surface area contributed by atoms with E-state index in [2.05, 4.69) is 14.9 Å². The van der Waals surface area contributed by atoms with Gasteiger partial charge in [0.1, 0.15) is 23.1 Å². The van der Waals surface area contributed by atoms with Crippen molar-refractivity contribution in [1.29, 1.82) is 5.26 Å². The molecular formula is C19H22N4O2. The number of anilines is 1. The predicted octanol–water partition coefficient (Wildman–Crippen LogP) is 3.09. The highest BCUT2D eigenvalue weighted by molar-refractivity contribution is 5.72. The Balaban J connectivity index is 2.12. The number of ether oxygens (including phenoxy) is 1. The third kappa shape index (κ3) is 3.66. The number of rotatable bonds is 4. The Bertz CT molecular complexity index is 830. The van der Waals surface area contributed by atoms with Gasteiger partial charge in [-0.1, -0.05) is 25.0 Å². The SMILES string of the molecule is CCOc1ccccc1-c1nc(N2CCCCCC2)[nH]c(=O)c1C#N. The van der Waals surface area contributed by atoms with Gasteiger partial charge in [0.15, 0.2) is 0 Å². The monoisotopic (exact) mass is 338 g/mol. The van der Waals surface area contributed by atoms with E-state index in [-0.39, 0.29) is 5.56 Å². The summed E-state index contributed by atoms with van der Waals surface area (Å²) in [6.07, 6.45) is 4.54. The minimum Gasteiger partial charge on any atom is -0.493 e. The maximum Gasteiger partial charge on any atom is 0.270 e. The van der Waals surface area contributed by atoms with Crippen molar-refractivity contribution in [3.05, 3.63) is 40.2 Å². The van der Waals surface area contributed by atoms with E-state index in [9.17, 15) is 10.1 Å². The summed E-state index contributed by atoms with van der Waals surface area (Å²) in [4.78, 5) is 22.0. The first-order valence-corrected chi connectivity index (χ1v) is 8.76. The maximum atomic E-state index is 12.5. The third-order valence-corrected chi connectivity index (χ3v) is 4.37. The fraction of sp³-hybridized carbons (Fsp3) is 0.421. The van der Waals surface area contributed by atoms with Crippen LogP contribution in [0.1, 0.15) is 38.2 Å². The number of nitrogens with one attached hydrogen (secondary N) is 1. The van der Waals surface area contributed by atoms with Crippen LogP contribution in [-0.4, -0.2) is 29.7 Å². The van der Waals surface area contributed by atoms with E-state index in [1.165, 1.54) is 12.8 Å². The number of nitriles is 1. The van der Waals surface area contributed by atoms with Crippen molar-refractivity contribution in [3.8, 4) is 23.1 Å². The van der Waals surface area contributed by atoms with Crippen molar-refractivity contribution < 1.29 is 4.74 Å². The molecule has 130 valence electrons.